The molecule has 2 amide bonds. The van der Waals surface area contributed by atoms with Gasteiger partial charge in [-0.3, -0.25) is 0 Å². The second-order valence-corrected chi connectivity index (χ2v) is 10.2. The maximum absolute atomic E-state index is 12.8. The Hall–Kier alpha value is -2.90. The van der Waals surface area contributed by atoms with Crippen molar-refractivity contribution in [2.24, 2.45) is 0 Å². The molecule has 2 unspecified atom stereocenters. The molecule has 0 aliphatic carbocycles. The van der Waals surface area contributed by atoms with E-state index in [9.17, 15) is 13.2 Å². The number of hydrogen-bond donors (Lipinski definition) is 2. The van der Waals surface area contributed by atoms with Crippen LogP contribution < -0.4 is 10.0 Å². The Kier molecular flexibility index (Phi) is 8.47. The van der Waals surface area contributed by atoms with Crippen molar-refractivity contribution in [3.8, 4) is 11.1 Å². The summed E-state index contributed by atoms with van der Waals surface area (Å²) in [5, 5.41) is 2.83. The van der Waals surface area contributed by atoms with Gasteiger partial charge in [-0.15, -0.1) is 13.2 Å². The number of hydrogen-bond acceptors (Lipinski definition) is 3. The summed E-state index contributed by atoms with van der Waals surface area (Å²) in [4.78, 5) is 14.5. The van der Waals surface area contributed by atoms with Gasteiger partial charge >= 0.3 is 6.03 Å². The van der Waals surface area contributed by atoms with Gasteiger partial charge in [0.05, 0.1) is 11.8 Å². The summed E-state index contributed by atoms with van der Waals surface area (Å²) in [6, 6.07) is 15.7. The van der Waals surface area contributed by atoms with Gasteiger partial charge in [-0.25, -0.2) is 17.9 Å². The standard InChI is InChI=1S/C26H33N3O3S/c1-4-10-21-12-7-8-14-23(21)22-13-9-11-20(18-22)19-25-24(28-33(31,32)6-3)15-17-29(25)26(30)27-16-5-2/h4-5,7-9,11-14,18,24-25,28H,1-2,6,10,15-17,19H2,3H3,(H,27,30). The van der Waals surface area contributed by atoms with Gasteiger partial charge in [0.25, 0.3) is 0 Å². The molecule has 0 bridgehead atoms. The van der Waals surface area contributed by atoms with Crippen LogP contribution in [0.1, 0.15) is 24.5 Å². The van der Waals surface area contributed by atoms with Crippen LogP contribution in [0.3, 0.4) is 0 Å². The van der Waals surface area contributed by atoms with Gasteiger partial charge in [-0.2, -0.15) is 0 Å². The normalized spacial score (nSPS) is 18.2. The molecule has 2 aromatic rings. The van der Waals surface area contributed by atoms with Gasteiger partial charge < -0.3 is 10.2 Å². The Bertz CT molecular complexity index is 1100. The van der Waals surface area contributed by atoms with E-state index in [0.29, 0.717) is 25.9 Å². The number of nitrogens with one attached hydrogen (secondary N) is 2. The lowest BCUT2D eigenvalue weighted by Gasteiger charge is -2.29. The Balaban J connectivity index is 1.89. The van der Waals surface area contributed by atoms with E-state index in [1.165, 1.54) is 5.56 Å². The summed E-state index contributed by atoms with van der Waals surface area (Å²) in [7, 11) is -3.39. The molecule has 176 valence electrons. The van der Waals surface area contributed by atoms with Crippen molar-refractivity contribution in [2.75, 3.05) is 18.8 Å². The topological polar surface area (TPSA) is 78.5 Å². The number of carbonyl (C=O) groups excluding carboxylic acids is 1. The van der Waals surface area contributed by atoms with Crippen LogP contribution in [-0.2, 0) is 22.9 Å². The maximum atomic E-state index is 12.8. The van der Waals surface area contributed by atoms with Crippen molar-refractivity contribution in [1.82, 2.24) is 14.9 Å². The highest BCUT2D eigenvalue weighted by molar-refractivity contribution is 7.89. The van der Waals surface area contributed by atoms with Crippen molar-refractivity contribution in [3.63, 3.8) is 0 Å². The molecule has 33 heavy (non-hydrogen) atoms. The summed E-state index contributed by atoms with van der Waals surface area (Å²) in [6.45, 7) is 9.98. The van der Waals surface area contributed by atoms with Gasteiger partial charge in [0, 0.05) is 19.1 Å². The van der Waals surface area contributed by atoms with Crippen LogP contribution in [0, 0.1) is 0 Å². The minimum absolute atomic E-state index is 0.00839. The molecule has 0 spiro atoms. The van der Waals surface area contributed by atoms with Crippen LogP contribution in [0.5, 0.6) is 0 Å². The van der Waals surface area contributed by atoms with Gasteiger partial charge in [-0.1, -0.05) is 60.7 Å². The lowest BCUT2D eigenvalue weighted by Crippen LogP contribution is -2.50. The third-order valence-electron chi connectivity index (χ3n) is 5.98. The molecule has 0 saturated carbocycles. The first kappa shape index (κ1) is 24.7. The second kappa shape index (κ2) is 11.3. The zero-order valence-corrected chi connectivity index (χ0v) is 20.0. The van der Waals surface area contributed by atoms with Gasteiger partial charge in [-0.05, 0) is 48.4 Å². The summed E-state index contributed by atoms with van der Waals surface area (Å²) in [6.07, 6.45) is 5.43. The Morgan fingerprint density at radius 2 is 1.94 bits per heavy atom. The van der Waals surface area contributed by atoms with Crippen molar-refractivity contribution in [3.05, 3.63) is 85.0 Å². The second-order valence-electron chi connectivity index (χ2n) is 8.21. The largest absolute Gasteiger partial charge is 0.335 e. The van der Waals surface area contributed by atoms with E-state index in [1.54, 1.807) is 17.9 Å². The fourth-order valence-electron chi connectivity index (χ4n) is 4.31. The fraction of sp³-hybridized carbons (Fsp3) is 0.346. The first-order chi connectivity index (χ1) is 15.9. The Morgan fingerprint density at radius 1 is 1.15 bits per heavy atom. The fourth-order valence-corrected chi connectivity index (χ4v) is 5.22. The number of sulfonamides is 1. The smallest absolute Gasteiger partial charge is 0.317 e. The molecule has 2 N–H and O–H groups in total. The van der Waals surface area contributed by atoms with Crippen molar-refractivity contribution >= 4 is 16.1 Å². The molecule has 1 fully saturated rings. The average molecular weight is 468 g/mol. The molecular formula is C26H33N3O3S. The summed E-state index contributed by atoms with van der Waals surface area (Å²) in [5.41, 5.74) is 4.49. The number of nitrogens with zero attached hydrogens (tertiary/aromatic N) is 1. The van der Waals surface area contributed by atoms with Crippen molar-refractivity contribution in [1.29, 1.82) is 0 Å². The monoisotopic (exact) mass is 467 g/mol. The number of rotatable bonds is 10. The number of benzene rings is 2. The predicted molar refractivity (Wildman–Crippen MR) is 135 cm³/mol. The highest BCUT2D eigenvalue weighted by Crippen LogP contribution is 2.28. The highest BCUT2D eigenvalue weighted by atomic mass is 32.2. The summed E-state index contributed by atoms with van der Waals surface area (Å²) in [5.74, 6) is 0.00839. The molecule has 1 aliphatic heterocycles. The van der Waals surface area contributed by atoms with Crippen molar-refractivity contribution < 1.29 is 13.2 Å². The van der Waals surface area contributed by atoms with Crippen LogP contribution in [0.2, 0.25) is 0 Å². The molecule has 2 aromatic carbocycles. The van der Waals surface area contributed by atoms with E-state index >= 15 is 0 Å². The maximum Gasteiger partial charge on any atom is 0.317 e. The molecular weight excluding hydrogens is 434 g/mol. The van der Waals surface area contributed by atoms with E-state index in [1.807, 2.05) is 30.3 Å². The van der Waals surface area contributed by atoms with E-state index in [2.05, 4.69) is 47.5 Å². The third-order valence-corrected chi connectivity index (χ3v) is 7.40. The molecule has 6 nitrogen and oxygen atoms in total. The van der Waals surface area contributed by atoms with Crippen LogP contribution in [0.25, 0.3) is 11.1 Å². The molecule has 2 atom stereocenters. The number of likely N-dealkylation sites (tertiary alicyclic amines) is 1. The first-order valence-corrected chi connectivity index (χ1v) is 13.0. The van der Waals surface area contributed by atoms with Gasteiger partial charge in [0.1, 0.15) is 0 Å². The number of carbonyl (C=O) groups is 1. The zero-order chi connectivity index (χ0) is 23.8. The zero-order valence-electron chi connectivity index (χ0n) is 19.2. The average Bonchev–Trinajstić information content (AvgIpc) is 3.19. The predicted octanol–water partition coefficient (Wildman–Crippen LogP) is 3.90. The first-order valence-electron chi connectivity index (χ1n) is 11.3. The molecule has 0 aromatic heterocycles. The summed E-state index contributed by atoms with van der Waals surface area (Å²) < 4.78 is 27.4. The molecule has 3 rings (SSSR count). The quantitative estimate of drug-likeness (QED) is 0.520. The van der Waals surface area contributed by atoms with Crippen LogP contribution in [0.15, 0.2) is 73.8 Å². The Morgan fingerprint density at radius 3 is 2.67 bits per heavy atom. The SMILES string of the molecule is C=CCNC(=O)N1CCC(NS(=O)(=O)CC)C1Cc1cccc(-c2ccccc2CC=C)c1. The van der Waals surface area contributed by atoms with Crippen molar-refractivity contribution in [2.45, 2.75) is 38.3 Å². The van der Waals surface area contributed by atoms with E-state index < -0.39 is 10.0 Å². The number of allylic oxidation sites excluding steroid dienone is 1. The van der Waals surface area contributed by atoms with Crippen LogP contribution >= 0.6 is 0 Å². The minimum Gasteiger partial charge on any atom is -0.335 e. The summed E-state index contributed by atoms with van der Waals surface area (Å²) >= 11 is 0. The molecule has 7 heteroatoms. The number of amides is 2. The lowest BCUT2D eigenvalue weighted by atomic mass is 9.94. The van der Waals surface area contributed by atoms with E-state index in [0.717, 1.165) is 23.1 Å². The van der Waals surface area contributed by atoms with E-state index in [4.69, 9.17) is 0 Å². The van der Waals surface area contributed by atoms with Gasteiger partial charge in [0.2, 0.25) is 10.0 Å². The van der Waals surface area contributed by atoms with E-state index in [-0.39, 0.29) is 23.9 Å². The molecule has 0 radical (unpaired) electrons. The van der Waals surface area contributed by atoms with Gasteiger partial charge in [0.15, 0.2) is 0 Å². The third kappa shape index (κ3) is 6.33. The lowest BCUT2D eigenvalue weighted by molar-refractivity contribution is 0.190. The molecule has 1 heterocycles. The Labute approximate surface area is 197 Å². The van der Waals surface area contributed by atoms with Crippen LogP contribution in [-0.4, -0.2) is 50.3 Å². The molecule has 1 aliphatic rings. The van der Waals surface area contributed by atoms with Crippen LogP contribution in [0.4, 0.5) is 4.79 Å². The number of urea groups is 1. The highest BCUT2D eigenvalue weighted by Gasteiger charge is 2.38. The molecule has 1 saturated heterocycles. The minimum atomic E-state index is -3.39.